The van der Waals surface area contributed by atoms with Crippen molar-refractivity contribution in [1.82, 2.24) is 0 Å². The van der Waals surface area contributed by atoms with Gasteiger partial charge in [-0.2, -0.15) is 5.26 Å². The third-order valence-electron chi connectivity index (χ3n) is 3.67. The van der Waals surface area contributed by atoms with Crippen molar-refractivity contribution >= 4 is 13.3 Å². The number of nitrogens with zero attached hydrogens (tertiary/aromatic N) is 1. The number of rotatable bonds is 4. The summed E-state index contributed by atoms with van der Waals surface area (Å²) >= 11 is 0. The van der Waals surface area contributed by atoms with Crippen LogP contribution in [-0.2, 0) is 0 Å². The molecule has 0 atom stereocenters. The highest BCUT2D eigenvalue weighted by atomic mass is 28.3. The predicted octanol–water partition coefficient (Wildman–Crippen LogP) is 4.33. The van der Waals surface area contributed by atoms with Crippen LogP contribution in [-0.4, -0.2) is 8.07 Å². The molecule has 0 spiro atoms. The van der Waals surface area contributed by atoms with Crippen LogP contribution in [0.5, 0.6) is 0 Å². The Morgan fingerprint density at radius 2 is 1.50 bits per heavy atom. The maximum absolute atomic E-state index is 8.82. The number of hydrogen-bond donors (Lipinski definition) is 0. The van der Waals surface area contributed by atoms with Crippen LogP contribution in [0, 0.1) is 11.3 Å². The SMILES string of the molecule is C=CC[Si](C)(C)c1ccc(-c2ccc(C#N)cc2)cc1. The molecule has 0 aliphatic carbocycles. The van der Waals surface area contributed by atoms with Gasteiger partial charge in [0.15, 0.2) is 0 Å². The van der Waals surface area contributed by atoms with Crippen LogP contribution in [0.4, 0.5) is 0 Å². The molecule has 0 N–H and O–H groups in total. The van der Waals surface area contributed by atoms with Crippen molar-refractivity contribution in [3.8, 4) is 17.2 Å². The van der Waals surface area contributed by atoms with E-state index in [4.69, 9.17) is 5.26 Å². The number of nitriles is 1. The third kappa shape index (κ3) is 3.07. The maximum Gasteiger partial charge on any atom is 0.0991 e. The van der Waals surface area contributed by atoms with Crippen molar-refractivity contribution in [3.63, 3.8) is 0 Å². The van der Waals surface area contributed by atoms with Crippen molar-refractivity contribution in [3.05, 3.63) is 66.7 Å². The summed E-state index contributed by atoms with van der Waals surface area (Å²) in [5, 5.41) is 10.3. The minimum Gasteiger partial charge on any atom is -0.192 e. The molecule has 0 aliphatic heterocycles. The minimum absolute atomic E-state index is 0.699. The van der Waals surface area contributed by atoms with E-state index < -0.39 is 8.07 Å². The summed E-state index contributed by atoms with van der Waals surface area (Å²) < 4.78 is 0. The van der Waals surface area contributed by atoms with Gasteiger partial charge in [0.25, 0.3) is 0 Å². The van der Waals surface area contributed by atoms with Crippen LogP contribution in [0.1, 0.15) is 5.56 Å². The van der Waals surface area contributed by atoms with Gasteiger partial charge in [0.1, 0.15) is 0 Å². The van der Waals surface area contributed by atoms with E-state index in [9.17, 15) is 0 Å². The van der Waals surface area contributed by atoms with E-state index in [0.29, 0.717) is 5.56 Å². The van der Waals surface area contributed by atoms with Crippen LogP contribution in [0.25, 0.3) is 11.1 Å². The summed E-state index contributed by atoms with van der Waals surface area (Å²) in [6.45, 7) is 8.59. The van der Waals surface area contributed by atoms with Crippen LogP contribution in [0.3, 0.4) is 0 Å². The van der Waals surface area contributed by atoms with Gasteiger partial charge in [0.2, 0.25) is 0 Å². The van der Waals surface area contributed by atoms with Crippen molar-refractivity contribution < 1.29 is 0 Å². The molecule has 0 unspecified atom stereocenters. The summed E-state index contributed by atoms with van der Waals surface area (Å²) in [4.78, 5) is 0. The van der Waals surface area contributed by atoms with E-state index in [2.05, 4.69) is 50.0 Å². The molecule has 0 radical (unpaired) electrons. The van der Waals surface area contributed by atoms with E-state index in [1.807, 2.05) is 30.3 Å². The Labute approximate surface area is 122 Å². The van der Waals surface area contributed by atoms with E-state index in [0.717, 1.165) is 11.6 Å². The Hall–Kier alpha value is -2.11. The number of benzene rings is 2. The topological polar surface area (TPSA) is 23.8 Å². The largest absolute Gasteiger partial charge is 0.192 e. The molecule has 2 rings (SSSR count). The lowest BCUT2D eigenvalue weighted by molar-refractivity contribution is 1.48. The molecule has 0 amide bonds. The fourth-order valence-corrected chi connectivity index (χ4v) is 4.36. The molecule has 0 bridgehead atoms. The highest BCUT2D eigenvalue weighted by molar-refractivity contribution is 6.90. The summed E-state index contributed by atoms with van der Waals surface area (Å²) in [6, 6.07) is 19.8. The Kier molecular flexibility index (Phi) is 4.22. The van der Waals surface area contributed by atoms with Crippen molar-refractivity contribution in [2.24, 2.45) is 0 Å². The van der Waals surface area contributed by atoms with Gasteiger partial charge in [-0.1, -0.05) is 60.8 Å². The standard InChI is InChI=1S/C18H19NSi/c1-4-13-20(2,3)18-11-9-17(10-12-18)16-7-5-15(14-19)6-8-16/h4-12H,1,13H2,2-3H3. The molecule has 0 aromatic heterocycles. The van der Waals surface area contributed by atoms with Crippen LogP contribution < -0.4 is 5.19 Å². The third-order valence-corrected chi connectivity index (χ3v) is 6.87. The normalized spacial score (nSPS) is 10.8. The van der Waals surface area contributed by atoms with E-state index >= 15 is 0 Å². The molecular weight excluding hydrogens is 258 g/mol. The highest BCUT2D eigenvalue weighted by Gasteiger charge is 2.21. The van der Waals surface area contributed by atoms with Crippen LogP contribution in [0.15, 0.2) is 61.2 Å². The molecule has 2 aromatic carbocycles. The Bertz CT molecular complexity index is 631. The van der Waals surface area contributed by atoms with Gasteiger partial charge in [-0.3, -0.25) is 0 Å². The first-order chi connectivity index (χ1) is 9.56. The van der Waals surface area contributed by atoms with Gasteiger partial charge in [-0.05, 0) is 29.3 Å². The lowest BCUT2D eigenvalue weighted by Gasteiger charge is -2.21. The fraction of sp³-hybridized carbons (Fsp3) is 0.167. The lowest BCUT2D eigenvalue weighted by atomic mass is 10.0. The quantitative estimate of drug-likeness (QED) is 0.603. The second-order valence-corrected chi connectivity index (χ2v) is 10.4. The van der Waals surface area contributed by atoms with Crippen molar-refractivity contribution in [2.75, 3.05) is 0 Å². The molecule has 2 heteroatoms. The first-order valence-corrected chi connectivity index (χ1v) is 9.99. The second-order valence-electron chi connectivity index (χ2n) is 5.64. The molecule has 0 aliphatic rings. The molecule has 20 heavy (non-hydrogen) atoms. The molecule has 1 nitrogen and oxygen atoms in total. The molecule has 100 valence electrons. The summed E-state index contributed by atoms with van der Waals surface area (Å²) in [5.74, 6) is 0. The monoisotopic (exact) mass is 277 g/mol. The number of hydrogen-bond acceptors (Lipinski definition) is 1. The zero-order chi connectivity index (χ0) is 14.6. The Balaban J connectivity index is 2.28. The van der Waals surface area contributed by atoms with E-state index in [1.54, 1.807) is 0 Å². The zero-order valence-corrected chi connectivity index (χ0v) is 13.1. The van der Waals surface area contributed by atoms with Gasteiger partial charge >= 0.3 is 0 Å². The molecule has 0 saturated heterocycles. The molecular formula is C18H19NSi. The van der Waals surface area contributed by atoms with E-state index in [1.165, 1.54) is 10.8 Å². The van der Waals surface area contributed by atoms with Gasteiger partial charge in [0, 0.05) is 0 Å². The second kappa shape index (κ2) is 5.90. The summed E-state index contributed by atoms with van der Waals surface area (Å²) in [6.07, 6.45) is 2.03. The van der Waals surface area contributed by atoms with Crippen LogP contribution >= 0.6 is 0 Å². The van der Waals surface area contributed by atoms with Crippen molar-refractivity contribution in [1.29, 1.82) is 5.26 Å². The molecule has 2 aromatic rings. The lowest BCUT2D eigenvalue weighted by Crippen LogP contribution is -2.40. The first kappa shape index (κ1) is 14.3. The Morgan fingerprint density at radius 1 is 1.00 bits per heavy atom. The van der Waals surface area contributed by atoms with Gasteiger partial charge < -0.3 is 0 Å². The summed E-state index contributed by atoms with van der Waals surface area (Å²) in [5.41, 5.74) is 3.05. The predicted molar refractivity (Wildman–Crippen MR) is 88.7 cm³/mol. The fourth-order valence-electron chi connectivity index (χ4n) is 2.33. The summed E-state index contributed by atoms with van der Waals surface area (Å²) in [7, 11) is -1.38. The first-order valence-electron chi connectivity index (χ1n) is 6.79. The Morgan fingerprint density at radius 3 is 1.95 bits per heavy atom. The average Bonchev–Trinajstić information content (AvgIpc) is 2.47. The van der Waals surface area contributed by atoms with Gasteiger partial charge in [0.05, 0.1) is 19.7 Å². The van der Waals surface area contributed by atoms with Crippen molar-refractivity contribution in [2.45, 2.75) is 19.1 Å². The van der Waals surface area contributed by atoms with Crippen LogP contribution in [0.2, 0.25) is 19.1 Å². The van der Waals surface area contributed by atoms with E-state index in [-0.39, 0.29) is 0 Å². The van der Waals surface area contributed by atoms with Gasteiger partial charge in [-0.25, -0.2) is 0 Å². The minimum atomic E-state index is -1.38. The number of allylic oxidation sites excluding steroid dienone is 1. The molecule has 0 fully saturated rings. The zero-order valence-electron chi connectivity index (χ0n) is 12.1. The average molecular weight is 277 g/mol. The molecule has 0 saturated carbocycles. The van der Waals surface area contributed by atoms with Gasteiger partial charge in [-0.15, -0.1) is 6.58 Å². The molecule has 0 heterocycles. The smallest absolute Gasteiger partial charge is 0.0991 e. The highest BCUT2D eigenvalue weighted by Crippen LogP contribution is 2.20. The maximum atomic E-state index is 8.82.